The van der Waals surface area contributed by atoms with Crippen LogP contribution in [0.15, 0.2) is 36.4 Å². The van der Waals surface area contributed by atoms with Crippen LogP contribution in [0.5, 0.6) is 0 Å². The van der Waals surface area contributed by atoms with Crippen molar-refractivity contribution in [3.05, 3.63) is 42.0 Å². The Morgan fingerprint density at radius 2 is 1.93 bits per heavy atom. The molecular weight excluding hydrogens is 186 g/mol. The van der Waals surface area contributed by atoms with Crippen LogP contribution in [-0.2, 0) is 0 Å². The molecule has 0 bridgehead atoms. The lowest BCUT2D eigenvalue weighted by molar-refractivity contribution is 0.193. The van der Waals surface area contributed by atoms with Crippen molar-refractivity contribution in [1.29, 1.82) is 0 Å². The summed E-state index contributed by atoms with van der Waals surface area (Å²) < 4.78 is 0. The molecule has 0 aliphatic heterocycles. The molecule has 82 valence electrons. The van der Waals surface area contributed by atoms with Gasteiger partial charge in [-0.15, -0.1) is 0 Å². The summed E-state index contributed by atoms with van der Waals surface area (Å²) in [6.45, 7) is 4.86. The standard InChI is InChI=1S/C13H19NO/c1-13(2,11-15)14-10-6-9-12-7-4-3-5-8-12/h3-9,14-15H,10-11H2,1-2H3. The van der Waals surface area contributed by atoms with Crippen molar-refractivity contribution in [2.24, 2.45) is 0 Å². The number of aliphatic hydroxyl groups is 1. The second-order valence-corrected chi connectivity index (χ2v) is 4.24. The van der Waals surface area contributed by atoms with E-state index in [-0.39, 0.29) is 12.1 Å². The maximum atomic E-state index is 9.02. The third-order valence-electron chi connectivity index (χ3n) is 2.20. The fourth-order valence-electron chi connectivity index (χ4n) is 1.15. The van der Waals surface area contributed by atoms with E-state index in [1.54, 1.807) is 0 Å². The average molecular weight is 205 g/mol. The molecule has 0 saturated heterocycles. The van der Waals surface area contributed by atoms with E-state index < -0.39 is 0 Å². The van der Waals surface area contributed by atoms with Gasteiger partial charge >= 0.3 is 0 Å². The van der Waals surface area contributed by atoms with Gasteiger partial charge in [0.05, 0.1) is 6.61 Å². The van der Waals surface area contributed by atoms with E-state index >= 15 is 0 Å². The lowest BCUT2D eigenvalue weighted by Gasteiger charge is -2.22. The fraction of sp³-hybridized carbons (Fsp3) is 0.385. The average Bonchev–Trinajstić information content (AvgIpc) is 2.26. The highest BCUT2D eigenvalue weighted by Crippen LogP contribution is 2.02. The minimum Gasteiger partial charge on any atom is -0.394 e. The first-order valence-corrected chi connectivity index (χ1v) is 5.21. The first kappa shape index (κ1) is 12.0. The molecule has 0 heterocycles. The first-order chi connectivity index (χ1) is 7.14. The molecule has 2 nitrogen and oxygen atoms in total. The normalized spacial score (nSPS) is 12.2. The van der Waals surface area contributed by atoms with Crippen molar-refractivity contribution in [3.63, 3.8) is 0 Å². The highest BCUT2D eigenvalue weighted by Gasteiger charge is 2.12. The van der Waals surface area contributed by atoms with Crippen molar-refractivity contribution in [3.8, 4) is 0 Å². The van der Waals surface area contributed by atoms with Gasteiger partial charge in [-0.05, 0) is 19.4 Å². The Bertz CT molecular complexity index is 304. The van der Waals surface area contributed by atoms with Gasteiger partial charge in [-0.25, -0.2) is 0 Å². The van der Waals surface area contributed by atoms with Crippen LogP contribution in [0.1, 0.15) is 19.4 Å². The van der Waals surface area contributed by atoms with Gasteiger partial charge in [-0.3, -0.25) is 0 Å². The van der Waals surface area contributed by atoms with Crippen LogP contribution in [0.25, 0.3) is 6.08 Å². The Hall–Kier alpha value is -1.12. The van der Waals surface area contributed by atoms with Crippen LogP contribution in [-0.4, -0.2) is 23.8 Å². The van der Waals surface area contributed by atoms with Gasteiger partial charge in [0.1, 0.15) is 0 Å². The molecule has 2 N–H and O–H groups in total. The molecule has 1 aromatic carbocycles. The quantitative estimate of drug-likeness (QED) is 0.771. The Balaban J connectivity index is 2.35. The molecule has 0 fully saturated rings. The number of rotatable bonds is 5. The summed E-state index contributed by atoms with van der Waals surface area (Å²) in [5.41, 5.74) is 0.988. The minimum atomic E-state index is -0.207. The summed E-state index contributed by atoms with van der Waals surface area (Å²) in [5, 5.41) is 12.3. The number of aliphatic hydroxyl groups excluding tert-OH is 1. The molecule has 0 amide bonds. The van der Waals surface area contributed by atoms with Gasteiger partial charge < -0.3 is 10.4 Å². The zero-order chi connectivity index (χ0) is 11.1. The van der Waals surface area contributed by atoms with E-state index in [4.69, 9.17) is 5.11 Å². The van der Waals surface area contributed by atoms with E-state index in [9.17, 15) is 0 Å². The summed E-state index contributed by atoms with van der Waals surface area (Å²) in [5.74, 6) is 0. The van der Waals surface area contributed by atoms with E-state index in [0.717, 1.165) is 6.54 Å². The topological polar surface area (TPSA) is 32.3 Å². The molecule has 0 unspecified atom stereocenters. The molecule has 0 spiro atoms. The van der Waals surface area contributed by atoms with Crippen LogP contribution < -0.4 is 5.32 Å². The number of nitrogens with one attached hydrogen (secondary N) is 1. The molecular formula is C13H19NO. The molecule has 2 heteroatoms. The number of benzene rings is 1. The Morgan fingerprint density at radius 1 is 1.27 bits per heavy atom. The molecule has 0 aromatic heterocycles. The maximum absolute atomic E-state index is 9.02. The van der Waals surface area contributed by atoms with E-state index in [1.807, 2.05) is 32.0 Å². The summed E-state index contributed by atoms with van der Waals surface area (Å²) in [4.78, 5) is 0. The molecule has 15 heavy (non-hydrogen) atoms. The van der Waals surface area contributed by atoms with Gasteiger partial charge in [0, 0.05) is 12.1 Å². The van der Waals surface area contributed by atoms with Crippen LogP contribution in [0.2, 0.25) is 0 Å². The Labute approximate surface area is 91.6 Å². The van der Waals surface area contributed by atoms with Gasteiger partial charge in [0.15, 0.2) is 0 Å². The van der Waals surface area contributed by atoms with Gasteiger partial charge in [0.25, 0.3) is 0 Å². The van der Waals surface area contributed by atoms with Crippen LogP contribution in [0.3, 0.4) is 0 Å². The highest BCUT2D eigenvalue weighted by molar-refractivity contribution is 5.48. The highest BCUT2D eigenvalue weighted by atomic mass is 16.3. The zero-order valence-corrected chi connectivity index (χ0v) is 9.40. The van der Waals surface area contributed by atoms with Crippen LogP contribution in [0.4, 0.5) is 0 Å². The van der Waals surface area contributed by atoms with Crippen molar-refractivity contribution in [2.45, 2.75) is 19.4 Å². The lowest BCUT2D eigenvalue weighted by Crippen LogP contribution is -2.42. The molecule has 0 aliphatic carbocycles. The third-order valence-corrected chi connectivity index (χ3v) is 2.20. The second kappa shape index (κ2) is 5.69. The van der Waals surface area contributed by atoms with E-state index in [1.165, 1.54) is 5.56 Å². The third kappa shape index (κ3) is 4.77. The fourth-order valence-corrected chi connectivity index (χ4v) is 1.15. The SMILES string of the molecule is CC(C)(CO)NCC=Cc1ccccc1. The number of hydrogen-bond acceptors (Lipinski definition) is 2. The zero-order valence-electron chi connectivity index (χ0n) is 9.40. The summed E-state index contributed by atoms with van der Waals surface area (Å²) in [7, 11) is 0. The first-order valence-electron chi connectivity index (χ1n) is 5.21. The van der Waals surface area contributed by atoms with Crippen molar-refractivity contribution in [1.82, 2.24) is 5.32 Å². The summed E-state index contributed by atoms with van der Waals surface area (Å²) in [6, 6.07) is 10.2. The van der Waals surface area contributed by atoms with Crippen LogP contribution >= 0.6 is 0 Å². The summed E-state index contributed by atoms with van der Waals surface area (Å²) >= 11 is 0. The molecule has 0 atom stereocenters. The van der Waals surface area contributed by atoms with Gasteiger partial charge in [-0.2, -0.15) is 0 Å². The summed E-state index contributed by atoms with van der Waals surface area (Å²) in [6.07, 6.45) is 4.13. The van der Waals surface area contributed by atoms with Crippen molar-refractivity contribution >= 4 is 6.08 Å². The van der Waals surface area contributed by atoms with Gasteiger partial charge in [0.2, 0.25) is 0 Å². The molecule has 0 radical (unpaired) electrons. The van der Waals surface area contributed by atoms with E-state index in [2.05, 4.69) is 29.6 Å². The minimum absolute atomic E-state index is 0.145. The maximum Gasteiger partial charge on any atom is 0.0607 e. The van der Waals surface area contributed by atoms with E-state index in [0.29, 0.717) is 0 Å². The monoisotopic (exact) mass is 205 g/mol. The van der Waals surface area contributed by atoms with Crippen molar-refractivity contribution in [2.75, 3.05) is 13.2 Å². The molecule has 1 rings (SSSR count). The smallest absolute Gasteiger partial charge is 0.0607 e. The number of hydrogen-bond donors (Lipinski definition) is 2. The van der Waals surface area contributed by atoms with Gasteiger partial charge in [-0.1, -0.05) is 42.5 Å². The van der Waals surface area contributed by atoms with Crippen molar-refractivity contribution < 1.29 is 5.11 Å². The largest absolute Gasteiger partial charge is 0.394 e. The predicted molar refractivity (Wildman–Crippen MR) is 64.6 cm³/mol. The lowest BCUT2D eigenvalue weighted by atomic mass is 10.1. The Kier molecular flexibility index (Phi) is 4.53. The predicted octanol–water partition coefficient (Wildman–Crippen LogP) is 2.06. The molecule has 0 aliphatic rings. The molecule has 1 aromatic rings. The van der Waals surface area contributed by atoms with Crippen LogP contribution in [0, 0.1) is 0 Å². The molecule has 0 saturated carbocycles. The second-order valence-electron chi connectivity index (χ2n) is 4.24. The Morgan fingerprint density at radius 3 is 2.53 bits per heavy atom.